The van der Waals surface area contributed by atoms with Gasteiger partial charge in [-0.05, 0) is 5.64 Å². The molecule has 0 aromatic heterocycles. The van der Waals surface area contributed by atoms with Crippen LogP contribution < -0.4 is 5.64 Å². The zero-order chi connectivity index (χ0) is 5.70. The first-order valence-corrected chi connectivity index (χ1v) is 2.54. The van der Waals surface area contributed by atoms with E-state index in [2.05, 4.69) is 9.36 Å². The standard InChI is InChI=1S/C2H7NO3Si/c1-2(4)5-3-6-7/h3H,1,7H3. The highest BCUT2D eigenvalue weighted by Crippen LogP contribution is 1.64. The lowest BCUT2D eigenvalue weighted by Gasteiger charge is -1.96. The third-order valence-electron chi connectivity index (χ3n) is 0.269. The van der Waals surface area contributed by atoms with Gasteiger partial charge in [-0.2, -0.15) is 0 Å². The summed E-state index contributed by atoms with van der Waals surface area (Å²) in [5, 5.41) is 0. The third-order valence-corrected chi connectivity index (χ3v) is 0.435. The molecule has 0 saturated heterocycles. The molecule has 0 bridgehead atoms. The molecule has 0 aromatic rings. The largest absolute Gasteiger partial charge is 0.347 e. The van der Waals surface area contributed by atoms with Crippen LogP contribution in [0.2, 0.25) is 0 Å². The van der Waals surface area contributed by atoms with Gasteiger partial charge in [-0.1, -0.05) is 0 Å². The van der Waals surface area contributed by atoms with E-state index in [0.717, 1.165) is 0 Å². The minimum Gasteiger partial charge on any atom is -0.347 e. The summed E-state index contributed by atoms with van der Waals surface area (Å²) in [5.74, 6) is -0.407. The minimum atomic E-state index is -0.407. The molecule has 7 heavy (non-hydrogen) atoms. The van der Waals surface area contributed by atoms with E-state index in [-0.39, 0.29) is 0 Å². The zero-order valence-corrected chi connectivity index (χ0v) is 6.22. The van der Waals surface area contributed by atoms with Gasteiger partial charge in [0.25, 0.3) is 0 Å². The van der Waals surface area contributed by atoms with Crippen LogP contribution in [0.25, 0.3) is 0 Å². The number of hydrogen-bond acceptors (Lipinski definition) is 4. The summed E-state index contributed by atoms with van der Waals surface area (Å²) in [6.45, 7) is 1.29. The maximum atomic E-state index is 9.85. The molecular weight excluding hydrogens is 114 g/mol. The number of carbonyl (C=O) groups excluding carboxylic acids is 1. The molecule has 0 aliphatic carbocycles. The first kappa shape index (κ1) is 6.61. The van der Waals surface area contributed by atoms with E-state index in [1.54, 1.807) is 0 Å². The summed E-state index contributed by atoms with van der Waals surface area (Å²) in [4.78, 5) is 14.0. The van der Waals surface area contributed by atoms with E-state index in [4.69, 9.17) is 0 Å². The Bertz CT molecular complexity index is 66.0. The van der Waals surface area contributed by atoms with Gasteiger partial charge in [0, 0.05) is 6.92 Å². The summed E-state index contributed by atoms with van der Waals surface area (Å²) < 4.78 is 4.30. The van der Waals surface area contributed by atoms with E-state index in [1.807, 2.05) is 5.64 Å². The Hall–Kier alpha value is -0.393. The highest BCUT2D eigenvalue weighted by Gasteiger charge is 1.84. The Balaban J connectivity index is 2.82. The monoisotopic (exact) mass is 121 g/mol. The van der Waals surface area contributed by atoms with Crippen LogP contribution in [0, 0.1) is 0 Å². The van der Waals surface area contributed by atoms with E-state index in [1.165, 1.54) is 6.92 Å². The van der Waals surface area contributed by atoms with E-state index in [9.17, 15) is 4.79 Å². The molecule has 1 N–H and O–H groups in total. The molecule has 0 aromatic carbocycles. The predicted octanol–water partition coefficient (Wildman–Crippen LogP) is -1.73. The van der Waals surface area contributed by atoms with Crippen molar-refractivity contribution in [2.24, 2.45) is 0 Å². The van der Waals surface area contributed by atoms with Gasteiger partial charge >= 0.3 is 5.97 Å². The summed E-state index contributed by atoms with van der Waals surface area (Å²) in [6.07, 6.45) is 0. The Morgan fingerprint density at radius 2 is 2.43 bits per heavy atom. The molecule has 0 aliphatic heterocycles. The Morgan fingerprint density at radius 1 is 1.86 bits per heavy atom. The van der Waals surface area contributed by atoms with Crippen LogP contribution in [0.5, 0.6) is 0 Å². The fraction of sp³-hybridized carbons (Fsp3) is 0.500. The zero-order valence-electron chi connectivity index (χ0n) is 4.22. The Morgan fingerprint density at radius 3 is 2.57 bits per heavy atom. The van der Waals surface area contributed by atoms with Crippen molar-refractivity contribution in [1.29, 1.82) is 0 Å². The molecule has 0 amide bonds. The van der Waals surface area contributed by atoms with Crippen molar-refractivity contribution < 1.29 is 14.2 Å². The SMILES string of the molecule is CC(=O)ONO[SiH3]. The van der Waals surface area contributed by atoms with Crippen LogP contribution in [0.15, 0.2) is 0 Å². The molecule has 0 rings (SSSR count). The topological polar surface area (TPSA) is 47.6 Å². The number of rotatable bonds is 2. The van der Waals surface area contributed by atoms with Crippen LogP contribution in [-0.4, -0.2) is 16.5 Å². The molecule has 0 aliphatic rings. The maximum absolute atomic E-state index is 9.85. The van der Waals surface area contributed by atoms with Gasteiger partial charge in [0.2, 0.25) is 0 Å². The third kappa shape index (κ3) is 5.61. The molecule has 0 radical (unpaired) electrons. The molecule has 0 atom stereocenters. The van der Waals surface area contributed by atoms with Crippen LogP contribution in [-0.2, 0) is 14.2 Å². The van der Waals surface area contributed by atoms with Gasteiger partial charge in [0.1, 0.15) is 0 Å². The van der Waals surface area contributed by atoms with E-state index in [0.29, 0.717) is 10.5 Å². The average molecular weight is 121 g/mol. The van der Waals surface area contributed by atoms with Gasteiger partial charge in [-0.3, -0.25) is 4.79 Å². The van der Waals surface area contributed by atoms with Crippen molar-refractivity contribution in [3.05, 3.63) is 0 Å². The fourth-order valence-corrected chi connectivity index (χ4v) is 0.184. The highest BCUT2D eigenvalue weighted by atomic mass is 28.2. The first-order valence-electron chi connectivity index (χ1n) is 1.72. The highest BCUT2D eigenvalue weighted by molar-refractivity contribution is 5.97. The molecule has 0 saturated carbocycles. The van der Waals surface area contributed by atoms with Crippen molar-refractivity contribution >= 4 is 16.5 Å². The van der Waals surface area contributed by atoms with E-state index >= 15 is 0 Å². The van der Waals surface area contributed by atoms with Gasteiger partial charge in [-0.25, -0.2) is 0 Å². The lowest BCUT2D eigenvalue weighted by atomic mass is 10.8. The predicted molar refractivity (Wildman–Crippen MR) is 25.9 cm³/mol. The number of nitrogens with one attached hydrogen (secondary N) is 1. The second-order valence-electron chi connectivity index (χ2n) is 0.881. The van der Waals surface area contributed by atoms with Gasteiger partial charge < -0.3 is 9.36 Å². The molecule has 5 heteroatoms. The normalized spacial score (nSPS) is 8.71. The minimum absolute atomic E-state index is 0.407. The Labute approximate surface area is 44.2 Å². The van der Waals surface area contributed by atoms with Crippen LogP contribution >= 0.6 is 0 Å². The van der Waals surface area contributed by atoms with Crippen molar-refractivity contribution in [2.45, 2.75) is 6.92 Å². The van der Waals surface area contributed by atoms with Crippen molar-refractivity contribution in [1.82, 2.24) is 5.64 Å². The second kappa shape index (κ2) is 3.79. The summed E-state index contributed by atoms with van der Waals surface area (Å²) in [7, 11) is 0.506. The molecular formula is C2H7NO3Si. The molecule has 0 fully saturated rings. The second-order valence-corrected chi connectivity index (χ2v) is 1.29. The van der Waals surface area contributed by atoms with Crippen molar-refractivity contribution in [3.63, 3.8) is 0 Å². The average Bonchev–Trinajstić information content (AvgIpc) is 1.61. The van der Waals surface area contributed by atoms with Gasteiger partial charge in [-0.15, -0.1) is 0 Å². The van der Waals surface area contributed by atoms with Gasteiger partial charge in [0.15, 0.2) is 10.5 Å². The van der Waals surface area contributed by atoms with Crippen molar-refractivity contribution in [2.75, 3.05) is 0 Å². The van der Waals surface area contributed by atoms with E-state index < -0.39 is 5.97 Å². The van der Waals surface area contributed by atoms with Gasteiger partial charge in [0.05, 0.1) is 0 Å². The molecule has 4 nitrogen and oxygen atoms in total. The number of carbonyl (C=O) groups is 1. The first-order chi connectivity index (χ1) is 3.27. The smallest absolute Gasteiger partial charge is 0.324 e. The van der Waals surface area contributed by atoms with Crippen LogP contribution in [0.3, 0.4) is 0 Å². The molecule has 0 spiro atoms. The Kier molecular flexibility index (Phi) is 3.57. The number of hydrogen-bond donors (Lipinski definition) is 1. The summed E-state index contributed by atoms with van der Waals surface area (Å²) in [6, 6.07) is 0. The van der Waals surface area contributed by atoms with Crippen LogP contribution in [0.1, 0.15) is 6.92 Å². The fourth-order valence-electron chi connectivity index (χ4n) is 0.100. The molecule has 0 heterocycles. The van der Waals surface area contributed by atoms with Crippen molar-refractivity contribution in [3.8, 4) is 0 Å². The maximum Gasteiger partial charge on any atom is 0.324 e. The quantitative estimate of drug-likeness (QED) is 0.348. The lowest BCUT2D eigenvalue weighted by Crippen LogP contribution is -2.16. The molecule has 42 valence electrons. The summed E-state index contributed by atoms with van der Waals surface area (Å²) in [5.41, 5.74) is 1.96. The molecule has 0 unspecified atom stereocenters. The summed E-state index contributed by atoms with van der Waals surface area (Å²) >= 11 is 0. The van der Waals surface area contributed by atoms with Crippen LogP contribution in [0.4, 0.5) is 0 Å². The lowest BCUT2D eigenvalue weighted by molar-refractivity contribution is -0.167.